The summed E-state index contributed by atoms with van der Waals surface area (Å²) in [6.07, 6.45) is 1.85. The van der Waals surface area contributed by atoms with Crippen LogP contribution in [-0.2, 0) is 4.74 Å². The van der Waals surface area contributed by atoms with E-state index in [-0.39, 0.29) is 15.5 Å². The maximum Gasteiger partial charge on any atom is 0.336 e. The van der Waals surface area contributed by atoms with Crippen LogP contribution in [-0.4, -0.2) is 30.8 Å². The summed E-state index contributed by atoms with van der Waals surface area (Å²) in [6, 6.07) is 2.86. The van der Waals surface area contributed by atoms with Crippen molar-refractivity contribution < 1.29 is 19.0 Å². The highest BCUT2D eigenvalue weighted by molar-refractivity contribution is 9.10. The van der Waals surface area contributed by atoms with E-state index < -0.39 is 11.8 Å². The lowest BCUT2D eigenvalue weighted by molar-refractivity contribution is 0.0300. The molecule has 0 radical (unpaired) electrons. The SMILES string of the molecule is CC1(CNc2ccc(C(=O)O)c(Br)c2F)CCOCC1. The first-order valence-electron chi connectivity index (χ1n) is 6.46. The lowest BCUT2D eigenvalue weighted by Crippen LogP contribution is -2.33. The van der Waals surface area contributed by atoms with E-state index in [1.165, 1.54) is 12.1 Å². The maximum atomic E-state index is 14.1. The van der Waals surface area contributed by atoms with E-state index in [4.69, 9.17) is 9.84 Å². The molecule has 4 nitrogen and oxygen atoms in total. The summed E-state index contributed by atoms with van der Waals surface area (Å²) in [5.41, 5.74) is 0.308. The molecular weight excluding hydrogens is 329 g/mol. The predicted molar refractivity (Wildman–Crippen MR) is 77.7 cm³/mol. The normalized spacial score (nSPS) is 17.8. The first-order valence-corrected chi connectivity index (χ1v) is 7.25. The summed E-state index contributed by atoms with van der Waals surface area (Å²) in [7, 11) is 0. The highest BCUT2D eigenvalue weighted by Crippen LogP contribution is 2.32. The van der Waals surface area contributed by atoms with Gasteiger partial charge in [-0.3, -0.25) is 0 Å². The van der Waals surface area contributed by atoms with Gasteiger partial charge in [0, 0.05) is 19.8 Å². The molecule has 0 bridgehead atoms. The fourth-order valence-corrected chi connectivity index (χ4v) is 2.72. The molecule has 20 heavy (non-hydrogen) atoms. The van der Waals surface area contributed by atoms with Gasteiger partial charge in [-0.2, -0.15) is 0 Å². The molecule has 6 heteroatoms. The van der Waals surface area contributed by atoms with Gasteiger partial charge < -0.3 is 15.2 Å². The van der Waals surface area contributed by atoms with Gasteiger partial charge in [-0.25, -0.2) is 9.18 Å². The van der Waals surface area contributed by atoms with Crippen LogP contribution >= 0.6 is 15.9 Å². The van der Waals surface area contributed by atoms with Crippen molar-refractivity contribution in [3.8, 4) is 0 Å². The minimum atomic E-state index is -1.15. The van der Waals surface area contributed by atoms with E-state index in [0.717, 1.165) is 26.1 Å². The molecule has 0 atom stereocenters. The molecule has 0 unspecified atom stereocenters. The molecule has 1 aliphatic rings. The van der Waals surface area contributed by atoms with Crippen molar-refractivity contribution >= 4 is 27.6 Å². The van der Waals surface area contributed by atoms with Crippen LogP contribution in [0.25, 0.3) is 0 Å². The summed E-state index contributed by atoms with van der Waals surface area (Å²) >= 11 is 3.00. The molecular formula is C14H17BrFNO3. The van der Waals surface area contributed by atoms with Crippen molar-refractivity contribution in [3.05, 3.63) is 28.0 Å². The Morgan fingerprint density at radius 1 is 1.50 bits per heavy atom. The quantitative estimate of drug-likeness (QED) is 0.876. The van der Waals surface area contributed by atoms with Gasteiger partial charge in [-0.1, -0.05) is 6.92 Å². The Balaban J connectivity index is 2.10. The first kappa shape index (κ1) is 15.3. The van der Waals surface area contributed by atoms with Gasteiger partial charge in [-0.15, -0.1) is 0 Å². The summed E-state index contributed by atoms with van der Waals surface area (Å²) < 4.78 is 19.4. The molecule has 1 fully saturated rings. The van der Waals surface area contributed by atoms with Crippen LogP contribution < -0.4 is 5.32 Å². The van der Waals surface area contributed by atoms with Crippen LogP contribution in [0.3, 0.4) is 0 Å². The number of carboxylic acid groups (broad SMARTS) is 1. The largest absolute Gasteiger partial charge is 0.478 e. The summed E-state index contributed by atoms with van der Waals surface area (Å²) in [6.45, 7) is 4.22. The predicted octanol–water partition coefficient (Wildman–Crippen LogP) is 3.52. The molecule has 1 aliphatic heterocycles. The summed E-state index contributed by atoms with van der Waals surface area (Å²) in [4.78, 5) is 10.9. The third kappa shape index (κ3) is 3.30. The Morgan fingerprint density at radius 3 is 2.75 bits per heavy atom. The van der Waals surface area contributed by atoms with Gasteiger partial charge in [0.2, 0.25) is 0 Å². The number of rotatable bonds is 4. The van der Waals surface area contributed by atoms with Gasteiger partial charge >= 0.3 is 5.97 Å². The zero-order valence-electron chi connectivity index (χ0n) is 11.2. The molecule has 2 N–H and O–H groups in total. The van der Waals surface area contributed by atoms with E-state index in [0.29, 0.717) is 12.2 Å². The molecule has 2 rings (SSSR count). The van der Waals surface area contributed by atoms with Crippen LogP contribution in [0.5, 0.6) is 0 Å². The van der Waals surface area contributed by atoms with E-state index in [9.17, 15) is 9.18 Å². The maximum absolute atomic E-state index is 14.1. The molecule has 1 aromatic rings. The number of hydrogen-bond acceptors (Lipinski definition) is 3. The topological polar surface area (TPSA) is 58.6 Å². The molecule has 110 valence electrons. The van der Waals surface area contributed by atoms with Gasteiger partial charge in [0.05, 0.1) is 15.7 Å². The van der Waals surface area contributed by atoms with Gasteiger partial charge in [0.1, 0.15) is 0 Å². The number of hydrogen-bond donors (Lipinski definition) is 2. The highest BCUT2D eigenvalue weighted by atomic mass is 79.9. The molecule has 1 heterocycles. The lowest BCUT2D eigenvalue weighted by Gasteiger charge is -2.34. The van der Waals surface area contributed by atoms with Gasteiger partial charge in [0.15, 0.2) is 5.82 Å². The first-order chi connectivity index (χ1) is 9.43. The Morgan fingerprint density at radius 2 is 2.15 bits per heavy atom. The molecule has 0 spiro atoms. The van der Waals surface area contributed by atoms with E-state index in [2.05, 4.69) is 28.2 Å². The minimum Gasteiger partial charge on any atom is -0.478 e. The number of carbonyl (C=O) groups is 1. The van der Waals surface area contributed by atoms with Crippen molar-refractivity contribution in [1.29, 1.82) is 0 Å². The third-order valence-corrected chi connectivity index (χ3v) is 4.49. The minimum absolute atomic E-state index is 0.0212. The number of anilines is 1. The second-order valence-corrected chi connectivity index (χ2v) is 6.16. The molecule has 0 amide bonds. The monoisotopic (exact) mass is 345 g/mol. The fourth-order valence-electron chi connectivity index (χ4n) is 2.20. The summed E-state index contributed by atoms with van der Waals surface area (Å²) in [5.74, 6) is -1.72. The average molecular weight is 346 g/mol. The van der Waals surface area contributed by atoms with Crippen molar-refractivity contribution in [3.63, 3.8) is 0 Å². The fraction of sp³-hybridized carbons (Fsp3) is 0.500. The molecule has 1 saturated heterocycles. The Bertz CT molecular complexity index is 515. The molecule has 0 aliphatic carbocycles. The van der Waals surface area contributed by atoms with Crippen LogP contribution in [0.15, 0.2) is 16.6 Å². The number of carboxylic acids is 1. The lowest BCUT2D eigenvalue weighted by atomic mass is 9.82. The number of nitrogens with one attached hydrogen (secondary N) is 1. The molecule has 1 aromatic carbocycles. The van der Waals surface area contributed by atoms with E-state index in [1.54, 1.807) is 0 Å². The molecule has 0 saturated carbocycles. The van der Waals surface area contributed by atoms with Gasteiger partial charge in [0.25, 0.3) is 0 Å². The Hall–Kier alpha value is -1.14. The van der Waals surface area contributed by atoms with Crippen LogP contribution in [0, 0.1) is 11.2 Å². The van der Waals surface area contributed by atoms with Crippen molar-refractivity contribution in [1.82, 2.24) is 0 Å². The number of halogens is 2. The van der Waals surface area contributed by atoms with Crippen LogP contribution in [0.4, 0.5) is 10.1 Å². The Kier molecular flexibility index (Phi) is 4.65. The van der Waals surface area contributed by atoms with Crippen LogP contribution in [0.2, 0.25) is 0 Å². The smallest absolute Gasteiger partial charge is 0.336 e. The average Bonchev–Trinajstić information content (AvgIpc) is 2.41. The van der Waals surface area contributed by atoms with Crippen LogP contribution in [0.1, 0.15) is 30.1 Å². The number of benzene rings is 1. The van der Waals surface area contributed by atoms with Crippen molar-refractivity contribution in [2.75, 3.05) is 25.1 Å². The second-order valence-electron chi connectivity index (χ2n) is 5.37. The Labute approximate surface area is 125 Å². The van der Waals surface area contributed by atoms with Crippen molar-refractivity contribution in [2.24, 2.45) is 5.41 Å². The number of aromatic carboxylic acids is 1. The highest BCUT2D eigenvalue weighted by Gasteiger charge is 2.27. The van der Waals surface area contributed by atoms with Crippen molar-refractivity contribution in [2.45, 2.75) is 19.8 Å². The zero-order chi connectivity index (χ0) is 14.8. The van der Waals surface area contributed by atoms with E-state index in [1.807, 2.05) is 0 Å². The number of ether oxygens (including phenoxy) is 1. The van der Waals surface area contributed by atoms with Gasteiger partial charge in [-0.05, 0) is 46.3 Å². The third-order valence-electron chi connectivity index (χ3n) is 3.72. The second kappa shape index (κ2) is 6.10. The molecule has 0 aromatic heterocycles. The van der Waals surface area contributed by atoms with E-state index >= 15 is 0 Å². The zero-order valence-corrected chi connectivity index (χ0v) is 12.8. The summed E-state index contributed by atoms with van der Waals surface area (Å²) in [5, 5.41) is 12.0. The standard InChI is InChI=1S/C14H17BrFNO3/c1-14(4-6-20-7-5-14)8-17-10-3-2-9(13(18)19)11(15)12(10)16/h2-3,17H,4-8H2,1H3,(H,18,19).